The SMILES string of the molecule is Cn1c(=O)c2cc(C(=O)NCCN3CCCCC3)sc2n(C)c1=O. The Morgan fingerprint density at radius 1 is 1.17 bits per heavy atom. The highest BCUT2D eigenvalue weighted by Gasteiger charge is 2.17. The molecule has 3 rings (SSSR count). The lowest BCUT2D eigenvalue weighted by Gasteiger charge is -2.26. The van der Waals surface area contributed by atoms with E-state index in [1.54, 1.807) is 13.1 Å². The second kappa shape index (κ2) is 6.90. The Balaban J connectivity index is 1.73. The van der Waals surface area contributed by atoms with Crippen LogP contribution >= 0.6 is 11.3 Å². The summed E-state index contributed by atoms with van der Waals surface area (Å²) in [5, 5.41) is 3.32. The molecule has 0 spiro atoms. The van der Waals surface area contributed by atoms with Gasteiger partial charge in [-0.05, 0) is 32.0 Å². The summed E-state index contributed by atoms with van der Waals surface area (Å²) in [5.74, 6) is -0.192. The second-order valence-electron chi connectivity index (χ2n) is 6.19. The Kier molecular flexibility index (Phi) is 4.86. The van der Waals surface area contributed by atoms with Gasteiger partial charge in [-0.2, -0.15) is 0 Å². The minimum absolute atomic E-state index is 0.192. The fraction of sp³-hybridized carbons (Fsp3) is 0.562. The molecule has 0 atom stereocenters. The van der Waals surface area contributed by atoms with Crippen LogP contribution in [0.15, 0.2) is 15.7 Å². The molecule has 8 heteroatoms. The molecule has 1 N–H and O–H groups in total. The molecule has 2 aromatic rings. The third-order valence-corrected chi connectivity index (χ3v) is 5.72. The molecule has 24 heavy (non-hydrogen) atoms. The minimum Gasteiger partial charge on any atom is -0.350 e. The molecule has 1 aliphatic rings. The van der Waals surface area contributed by atoms with Gasteiger partial charge in [-0.25, -0.2) is 4.79 Å². The molecule has 0 unspecified atom stereocenters. The van der Waals surface area contributed by atoms with E-state index in [4.69, 9.17) is 0 Å². The number of hydrogen-bond donors (Lipinski definition) is 1. The van der Waals surface area contributed by atoms with Crippen molar-refractivity contribution >= 4 is 27.5 Å². The third kappa shape index (κ3) is 3.16. The van der Waals surface area contributed by atoms with E-state index in [1.165, 1.54) is 42.2 Å². The van der Waals surface area contributed by atoms with Gasteiger partial charge in [-0.1, -0.05) is 6.42 Å². The Bertz CT molecular complexity index is 874. The zero-order chi connectivity index (χ0) is 17.3. The van der Waals surface area contributed by atoms with E-state index < -0.39 is 0 Å². The molecule has 0 radical (unpaired) electrons. The fourth-order valence-corrected chi connectivity index (χ4v) is 4.09. The summed E-state index contributed by atoms with van der Waals surface area (Å²) >= 11 is 1.18. The molecule has 1 fully saturated rings. The maximum absolute atomic E-state index is 12.3. The Morgan fingerprint density at radius 3 is 2.58 bits per heavy atom. The maximum Gasteiger partial charge on any atom is 0.331 e. The monoisotopic (exact) mass is 350 g/mol. The van der Waals surface area contributed by atoms with Crippen molar-refractivity contribution in [3.05, 3.63) is 31.8 Å². The molecular formula is C16H22N4O3S. The first-order valence-corrected chi connectivity index (χ1v) is 9.01. The van der Waals surface area contributed by atoms with Crippen LogP contribution in [-0.2, 0) is 14.1 Å². The van der Waals surface area contributed by atoms with Gasteiger partial charge in [0.05, 0.1) is 10.3 Å². The highest BCUT2D eigenvalue weighted by atomic mass is 32.1. The summed E-state index contributed by atoms with van der Waals surface area (Å²) in [6, 6.07) is 1.58. The normalized spacial score (nSPS) is 15.8. The number of piperidine rings is 1. The number of fused-ring (bicyclic) bond motifs is 1. The number of carbonyl (C=O) groups excluding carboxylic acids is 1. The van der Waals surface area contributed by atoms with Crippen LogP contribution in [-0.4, -0.2) is 46.1 Å². The van der Waals surface area contributed by atoms with Crippen LogP contribution in [0.2, 0.25) is 0 Å². The fourth-order valence-electron chi connectivity index (χ4n) is 3.07. The largest absolute Gasteiger partial charge is 0.350 e. The van der Waals surface area contributed by atoms with E-state index in [0.29, 0.717) is 21.6 Å². The molecule has 3 heterocycles. The third-order valence-electron chi connectivity index (χ3n) is 4.51. The number of thiophene rings is 1. The lowest BCUT2D eigenvalue weighted by atomic mass is 10.1. The Labute approximate surface area is 143 Å². The molecule has 0 aromatic carbocycles. The molecular weight excluding hydrogens is 328 g/mol. The summed E-state index contributed by atoms with van der Waals surface area (Å²) in [5.41, 5.74) is -0.747. The van der Waals surface area contributed by atoms with Gasteiger partial charge in [-0.15, -0.1) is 11.3 Å². The van der Waals surface area contributed by atoms with E-state index in [1.807, 2.05) is 0 Å². The van der Waals surface area contributed by atoms with E-state index in [9.17, 15) is 14.4 Å². The van der Waals surface area contributed by atoms with Crippen molar-refractivity contribution in [3.8, 4) is 0 Å². The highest BCUT2D eigenvalue weighted by Crippen LogP contribution is 2.21. The van der Waals surface area contributed by atoms with Gasteiger partial charge in [0.1, 0.15) is 4.83 Å². The Morgan fingerprint density at radius 2 is 1.88 bits per heavy atom. The zero-order valence-electron chi connectivity index (χ0n) is 14.0. The van der Waals surface area contributed by atoms with Gasteiger partial charge in [-0.3, -0.25) is 18.7 Å². The summed E-state index contributed by atoms with van der Waals surface area (Å²) in [6.07, 6.45) is 3.74. The van der Waals surface area contributed by atoms with Crippen LogP contribution in [0.1, 0.15) is 28.9 Å². The first-order chi connectivity index (χ1) is 11.5. The number of aromatic nitrogens is 2. The Hall–Kier alpha value is -1.93. The van der Waals surface area contributed by atoms with Crippen LogP contribution in [0.4, 0.5) is 0 Å². The lowest BCUT2D eigenvalue weighted by Crippen LogP contribution is -2.37. The van der Waals surface area contributed by atoms with Crippen molar-refractivity contribution < 1.29 is 4.79 Å². The number of rotatable bonds is 4. The molecule has 0 bridgehead atoms. The predicted molar refractivity (Wildman–Crippen MR) is 94.9 cm³/mol. The van der Waals surface area contributed by atoms with Gasteiger partial charge in [0.25, 0.3) is 11.5 Å². The topological polar surface area (TPSA) is 76.3 Å². The van der Waals surface area contributed by atoms with Crippen molar-refractivity contribution in [3.63, 3.8) is 0 Å². The van der Waals surface area contributed by atoms with Crippen LogP contribution in [0.25, 0.3) is 10.2 Å². The first-order valence-electron chi connectivity index (χ1n) is 8.19. The lowest BCUT2D eigenvalue weighted by molar-refractivity contribution is 0.0950. The van der Waals surface area contributed by atoms with Gasteiger partial charge in [0.2, 0.25) is 0 Å². The molecule has 0 saturated carbocycles. The van der Waals surface area contributed by atoms with Crippen molar-refractivity contribution in [2.45, 2.75) is 19.3 Å². The number of likely N-dealkylation sites (tertiary alicyclic amines) is 1. The molecule has 1 saturated heterocycles. The average Bonchev–Trinajstić information content (AvgIpc) is 3.04. The van der Waals surface area contributed by atoms with Crippen molar-refractivity contribution in [1.29, 1.82) is 0 Å². The quantitative estimate of drug-likeness (QED) is 0.872. The van der Waals surface area contributed by atoms with Crippen molar-refractivity contribution in [2.75, 3.05) is 26.2 Å². The summed E-state index contributed by atoms with van der Waals surface area (Å²) in [7, 11) is 3.05. The molecule has 0 aliphatic carbocycles. The van der Waals surface area contributed by atoms with E-state index >= 15 is 0 Å². The second-order valence-corrected chi connectivity index (χ2v) is 7.22. The average molecular weight is 350 g/mol. The summed E-state index contributed by atoms with van der Waals surface area (Å²) in [6.45, 7) is 3.62. The molecule has 1 aliphatic heterocycles. The molecule has 7 nitrogen and oxygen atoms in total. The molecule has 1 amide bonds. The van der Waals surface area contributed by atoms with Crippen LogP contribution < -0.4 is 16.6 Å². The predicted octanol–water partition coefficient (Wildman–Crippen LogP) is 0.514. The molecule has 2 aromatic heterocycles. The van der Waals surface area contributed by atoms with E-state index in [0.717, 1.165) is 24.2 Å². The summed E-state index contributed by atoms with van der Waals surface area (Å²) < 4.78 is 2.47. The van der Waals surface area contributed by atoms with Crippen LogP contribution in [0, 0.1) is 0 Å². The maximum atomic E-state index is 12.3. The smallest absolute Gasteiger partial charge is 0.331 e. The summed E-state index contributed by atoms with van der Waals surface area (Å²) in [4.78, 5) is 39.8. The number of nitrogens with one attached hydrogen (secondary N) is 1. The van der Waals surface area contributed by atoms with Gasteiger partial charge >= 0.3 is 5.69 Å². The van der Waals surface area contributed by atoms with Crippen molar-refractivity contribution in [1.82, 2.24) is 19.4 Å². The number of amides is 1. The number of aryl methyl sites for hydroxylation is 1. The van der Waals surface area contributed by atoms with Gasteiger partial charge in [0.15, 0.2) is 0 Å². The van der Waals surface area contributed by atoms with E-state index in [2.05, 4.69) is 10.2 Å². The van der Waals surface area contributed by atoms with Crippen LogP contribution in [0.5, 0.6) is 0 Å². The number of carbonyl (C=O) groups is 1. The first kappa shape index (κ1) is 16.9. The standard InChI is InChI=1S/C16H22N4O3S/c1-18-14(22)11-10-12(24-15(11)19(2)16(18)23)13(21)17-6-9-20-7-4-3-5-8-20/h10H,3-9H2,1-2H3,(H,17,21). The van der Waals surface area contributed by atoms with Gasteiger partial charge < -0.3 is 10.2 Å². The van der Waals surface area contributed by atoms with E-state index in [-0.39, 0.29) is 17.2 Å². The highest BCUT2D eigenvalue weighted by molar-refractivity contribution is 7.20. The van der Waals surface area contributed by atoms with Gasteiger partial charge in [0, 0.05) is 27.2 Å². The van der Waals surface area contributed by atoms with Crippen LogP contribution in [0.3, 0.4) is 0 Å². The van der Waals surface area contributed by atoms with Crippen molar-refractivity contribution in [2.24, 2.45) is 14.1 Å². The number of nitrogens with zero attached hydrogens (tertiary/aromatic N) is 3. The number of hydrogen-bond acceptors (Lipinski definition) is 5. The zero-order valence-corrected chi connectivity index (χ0v) is 14.8. The molecule has 130 valence electrons. The minimum atomic E-state index is -0.383.